The molecule has 14 heteroatoms. The van der Waals surface area contributed by atoms with Gasteiger partial charge in [-0.05, 0) is 12.1 Å². The molecule has 1 aliphatic heterocycles. The molecule has 0 amide bonds. The van der Waals surface area contributed by atoms with Crippen LogP contribution in [-0.4, -0.2) is 45.5 Å². The average molecular weight is 421 g/mol. The van der Waals surface area contributed by atoms with Crippen molar-refractivity contribution in [2.75, 3.05) is 20.3 Å². The first-order valence-corrected chi connectivity index (χ1v) is 9.85. The molecule has 0 bridgehead atoms. The lowest BCUT2D eigenvalue weighted by molar-refractivity contribution is 0.663. The van der Waals surface area contributed by atoms with Crippen LogP contribution in [0, 0.1) is 0 Å². The quantitative estimate of drug-likeness (QED) is 0.334. The molecule has 1 saturated heterocycles. The summed E-state index contributed by atoms with van der Waals surface area (Å²) in [4.78, 5) is 15.5. The van der Waals surface area contributed by atoms with E-state index in [9.17, 15) is 0 Å². The Hall–Kier alpha value is -4.33. The van der Waals surface area contributed by atoms with E-state index in [2.05, 4.69) is 45.5 Å². The first-order chi connectivity index (χ1) is 14.9. The Bertz CT molecular complexity index is 933. The zero-order chi connectivity index (χ0) is 19.9. The molecule has 0 aromatic carbocycles. The van der Waals surface area contributed by atoms with Gasteiger partial charge in [0.1, 0.15) is 17.3 Å². The van der Waals surface area contributed by atoms with E-state index in [1.165, 1.54) is 11.3 Å². The van der Waals surface area contributed by atoms with Crippen molar-refractivity contribution >= 4 is 34.1 Å². The number of imidazole rings is 1. The third kappa shape index (κ3) is 2.44. The van der Waals surface area contributed by atoms with E-state index in [4.69, 9.17) is 0 Å². The van der Waals surface area contributed by atoms with Crippen molar-refractivity contribution in [2.45, 2.75) is 6.17 Å². The van der Waals surface area contributed by atoms with Crippen LogP contribution in [0.1, 0.15) is 11.9 Å². The molecule has 0 saturated carbocycles. The van der Waals surface area contributed by atoms with Crippen LogP contribution < -0.4 is 20.3 Å². The Morgan fingerprint density at radius 1 is 0.900 bits per heavy atom. The molecule has 150 valence electrons. The van der Waals surface area contributed by atoms with Gasteiger partial charge in [-0.1, -0.05) is 0 Å². The van der Waals surface area contributed by atoms with Crippen LogP contribution in [0.2, 0.25) is 0 Å². The summed E-state index contributed by atoms with van der Waals surface area (Å²) < 4.78 is 0. The summed E-state index contributed by atoms with van der Waals surface area (Å²) >= 11 is 1.50. The van der Waals surface area contributed by atoms with Crippen molar-refractivity contribution in [3.8, 4) is 0 Å². The van der Waals surface area contributed by atoms with Crippen molar-refractivity contribution in [3.05, 3.63) is 66.5 Å². The molecular weight excluding hydrogens is 406 g/mol. The number of rotatable bonds is 5. The minimum atomic E-state index is -0.433. The predicted octanol–water partition coefficient (Wildman–Crippen LogP) is 1.82. The lowest BCUT2D eigenvalue weighted by Gasteiger charge is -2.32. The van der Waals surface area contributed by atoms with Crippen LogP contribution in [0.15, 0.2) is 60.8 Å². The van der Waals surface area contributed by atoms with E-state index in [0.29, 0.717) is 11.6 Å². The third-order valence-electron chi connectivity index (χ3n) is 4.57. The smallest absolute Gasteiger partial charge is 0.244 e. The number of hydrazine groups is 3. The number of anilines is 4. The van der Waals surface area contributed by atoms with E-state index in [0.717, 1.165) is 16.8 Å². The molecule has 1 atom stereocenters. The maximum absolute atomic E-state index is 4.56. The fraction of sp³-hybridized carbons (Fsp3) is 0.0625. The maximum Gasteiger partial charge on any atom is 0.244 e. The first-order valence-electron chi connectivity index (χ1n) is 8.97. The van der Waals surface area contributed by atoms with Crippen LogP contribution in [-0.2, 0) is 0 Å². The van der Waals surface area contributed by atoms with Gasteiger partial charge >= 0.3 is 0 Å². The monoisotopic (exact) mass is 421 g/mol. The highest BCUT2D eigenvalue weighted by molar-refractivity contribution is 7.13. The van der Waals surface area contributed by atoms with Crippen molar-refractivity contribution in [2.24, 2.45) is 0 Å². The number of aromatic nitrogens is 9. The third-order valence-corrected chi connectivity index (χ3v) is 5.31. The topological polar surface area (TPSA) is 141 Å². The van der Waals surface area contributed by atoms with Crippen molar-refractivity contribution in [1.29, 1.82) is 0 Å². The number of nitrogens with zero attached hydrogens (tertiary/aromatic N) is 9. The molecule has 13 nitrogen and oxygen atoms in total. The lowest BCUT2D eigenvalue weighted by atomic mass is 10.3. The second-order valence-electron chi connectivity index (χ2n) is 6.26. The summed E-state index contributed by atoms with van der Waals surface area (Å²) in [5.74, 6) is 2.15. The van der Waals surface area contributed by atoms with Gasteiger partial charge in [-0.3, -0.25) is 5.10 Å². The van der Waals surface area contributed by atoms with E-state index < -0.39 is 6.17 Å². The zero-order valence-electron chi connectivity index (χ0n) is 15.3. The van der Waals surface area contributed by atoms with E-state index in [1.54, 1.807) is 31.0 Å². The van der Waals surface area contributed by atoms with Crippen LogP contribution in [0.3, 0.4) is 0 Å². The molecule has 0 radical (unpaired) electrons. The standard InChI is InChI=1S/C16H15N13S/c1-2-12(17-4-1)26-14(11-10-22-25-23-11)27(13-3-5-21-24-13)28(15-18-6-7-19-15)29(26)16-20-8-9-30-16/h1-10,14,17H,(H,18,19)(H,21,24)(H,22,23,25). The van der Waals surface area contributed by atoms with Gasteiger partial charge in [-0.2, -0.15) is 20.5 Å². The largest absolute Gasteiger partial charge is 0.347 e. The highest BCUT2D eigenvalue weighted by atomic mass is 32.1. The summed E-state index contributed by atoms with van der Waals surface area (Å²) in [5, 5.41) is 28.8. The summed E-state index contributed by atoms with van der Waals surface area (Å²) in [6.45, 7) is 0. The minimum Gasteiger partial charge on any atom is -0.347 e. The summed E-state index contributed by atoms with van der Waals surface area (Å²) in [7, 11) is 0. The highest BCUT2D eigenvalue weighted by Gasteiger charge is 2.50. The lowest BCUT2D eigenvalue weighted by Crippen LogP contribution is -2.49. The van der Waals surface area contributed by atoms with Crippen molar-refractivity contribution in [1.82, 2.24) is 45.5 Å². The molecule has 1 fully saturated rings. The van der Waals surface area contributed by atoms with Crippen LogP contribution in [0.25, 0.3) is 0 Å². The number of nitrogens with one attached hydrogen (secondary N) is 4. The number of hydrogen-bond acceptors (Lipinski definition) is 10. The Morgan fingerprint density at radius 2 is 1.87 bits per heavy atom. The molecule has 0 aliphatic carbocycles. The normalized spacial score (nSPS) is 16.7. The summed E-state index contributed by atoms with van der Waals surface area (Å²) in [5.41, 5.74) is 0.690. The van der Waals surface area contributed by atoms with E-state index in [-0.39, 0.29) is 0 Å². The van der Waals surface area contributed by atoms with E-state index >= 15 is 0 Å². The fourth-order valence-electron chi connectivity index (χ4n) is 3.43. The Labute approximate surface area is 172 Å². The molecule has 6 heterocycles. The van der Waals surface area contributed by atoms with Gasteiger partial charge in [0.2, 0.25) is 11.1 Å². The fourth-order valence-corrected chi connectivity index (χ4v) is 4.06. The van der Waals surface area contributed by atoms with Crippen molar-refractivity contribution in [3.63, 3.8) is 0 Å². The first kappa shape index (κ1) is 16.6. The molecule has 30 heavy (non-hydrogen) atoms. The number of aromatic amines is 4. The molecule has 5 aromatic rings. The van der Waals surface area contributed by atoms with Crippen LogP contribution in [0.4, 0.5) is 22.7 Å². The van der Waals surface area contributed by atoms with Crippen LogP contribution >= 0.6 is 11.3 Å². The molecule has 1 unspecified atom stereocenters. The molecule has 5 aromatic heterocycles. The minimum absolute atomic E-state index is 0.433. The van der Waals surface area contributed by atoms with Gasteiger partial charge in [0, 0.05) is 36.2 Å². The van der Waals surface area contributed by atoms with Crippen molar-refractivity contribution < 1.29 is 0 Å². The van der Waals surface area contributed by atoms with Gasteiger partial charge in [0.05, 0.1) is 12.4 Å². The second kappa shape index (κ2) is 6.63. The zero-order valence-corrected chi connectivity index (χ0v) is 16.1. The van der Waals surface area contributed by atoms with Gasteiger partial charge < -0.3 is 9.97 Å². The SMILES string of the molecule is c1c[nH]c(N2C(c3cn[nH]n3)N(c3ccn[nH]3)N(c3ncc[nH]3)N2c2nccs2)c1. The molecule has 1 aliphatic rings. The Balaban J connectivity index is 1.63. The number of hydrogen-bond donors (Lipinski definition) is 4. The molecule has 0 spiro atoms. The maximum atomic E-state index is 4.56. The average Bonchev–Trinajstić information content (AvgIpc) is 3.61. The molecular formula is C16H15N13S. The Kier molecular flexibility index (Phi) is 3.67. The molecule has 4 N–H and O–H groups in total. The highest BCUT2D eigenvalue weighted by Crippen LogP contribution is 2.44. The second-order valence-corrected chi connectivity index (χ2v) is 7.13. The van der Waals surface area contributed by atoms with Crippen LogP contribution in [0.5, 0.6) is 0 Å². The van der Waals surface area contributed by atoms with Gasteiger partial charge in [-0.25, -0.2) is 20.0 Å². The van der Waals surface area contributed by atoms with Gasteiger partial charge in [0.25, 0.3) is 0 Å². The predicted molar refractivity (Wildman–Crippen MR) is 109 cm³/mol. The number of H-pyrrole nitrogens is 4. The summed E-state index contributed by atoms with van der Waals surface area (Å²) in [6, 6.07) is 5.79. The van der Waals surface area contributed by atoms with Gasteiger partial charge in [-0.15, -0.1) is 21.6 Å². The van der Waals surface area contributed by atoms with E-state index in [1.807, 2.05) is 50.0 Å². The summed E-state index contributed by atoms with van der Waals surface area (Å²) in [6.07, 6.45) is 10.0. The van der Waals surface area contributed by atoms with Gasteiger partial charge in [0.15, 0.2) is 6.17 Å². The molecule has 6 rings (SSSR count). The number of thiazole rings is 1. The Morgan fingerprint density at radius 3 is 2.53 bits per heavy atom.